The summed E-state index contributed by atoms with van der Waals surface area (Å²) in [7, 11) is 0. The second-order valence-electron chi connectivity index (χ2n) is 6.40. The molecule has 158 valence electrons. The van der Waals surface area contributed by atoms with Crippen LogP contribution in [0.5, 0.6) is 5.75 Å². The highest BCUT2D eigenvalue weighted by Crippen LogP contribution is 2.20. The van der Waals surface area contributed by atoms with Gasteiger partial charge in [0, 0.05) is 21.7 Å². The number of ether oxygens (including phenoxy) is 1. The van der Waals surface area contributed by atoms with Crippen molar-refractivity contribution >= 4 is 29.6 Å². The topological polar surface area (TPSA) is 79.8 Å². The second-order valence-corrected chi connectivity index (χ2v) is 6.81. The zero-order valence-electron chi connectivity index (χ0n) is 16.3. The highest BCUT2D eigenvalue weighted by molar-refractivity contribution is 6.31. The largest absolute Gasteiger partial charge is 0.488 e. The molecule has 0 aromatic heterocycles. The van der Waals surface area contributed by atoms with E-state index in [-0.39, 0.29) is 18.7 Å². The standard InChI is InChI=1S/C23H19ClFN3O3/c24-20-7-3-1-6-18(20)15-31-21-8-4-2-5-17(21)13-27-28-22(29)14-26-23(30)16-9-11-19(25)12-10-16/h1-13H,14-15H2,(H,26,30)(H,28,29)/b27-13+. The van der Waals surface area contributed by atoms with Crippen molar-refractivity contribution in [2.75, 3.05) is 6.54 Å². The van der Waals surface area contributed by atoms with Crippen LogP contribution in [0, 0.1) is 5.82 Å². The van der Waals surface area contributed by atoms with Gasteiger partial charge in [0.2, 0.25) is 0 Å². The van der Waals surface area contributed by atoms with Crippen molar-refractivity contribution in [3.05, 3.63) is 100 Å². The Bertz CT molecular complexity index is 1090. The van der Waals surface area contributed by atoms with E-state index < -0.39 is 17.6 Å². The van der Waals surface area contributed by atoms with Gasteiger partial charge in [-0.2, -0.15) is 5.10 Å². The van der Waals surface area contributed by atoms with Crippen molar-refractivity contribution < 1.29 is 18.7 Å². The van der Waals surface area contributed by atoms with E-state index in [0.29, 0.717) is 16.3 Å². The number of para-hydroxylation sites is 1. The Morgan fingerprint density at radius 1 is 1.00 bits per heavy atom. The van der Waals surface area contributed by atoms with Crippen molar-refractivity contribution in [3.8, 4) is 5.75 Å². The van der Waals surface area contributed by atoms with Gasteiger partial charge in [0.1, 0.15) is 18.2 Å². The number of hydrogen-bond acceptors (Lipinski definition) is 4. The molecule has 0 aliphatic carbocycles. The Labute approximate surface area is 183 Å². The van der Waals surface area contributed by atoms with E-state index in [0.717, 1.165) is 5.56 Å². The molecule has 0 radical (unpaired) electrons. The minimum Gasteiger partial charge on any atom is -0.488 e. The maximum atomic E-state index is 12.9. The summed E-state index contributed by atoms with van der Waals surface area (Å²) in [5.74, 6) is -0.872. The number of nitrogens with zero attached hydrogens (tertiary/aromatic N) is 1. The molecule has 0 spiro atoms. The van der Waals surface area contributed by atoms with Crippen LogP contribution < -0.4 is 15.5 Å². The van der Waals surface area contributed by atoms with Crippen LogP contribution in [0.25, 0.3) is 0 Å². The van der Waals surface area contributed by atoms with Gasteiger partial charge in [-0.3, -0.25) is 9.59 Å². The summed E-state index contributed by atoms with van der Waals surface area (Å²) in [6.07, 6.45) is 1.45. The number of halogens is 2. The van der Waals surface area contributed by atoms with E-state index in [4.69, 9.17) is 16.3 Å². The summed E-state index contributed by atoms with van der Waals surface area (Å²) in [5, 5.41) is 6.96. The Morgan fingerprint density at radius 2 is 1.71 bits per heavy atom. The average molecular weight is 440 g/mol. The molecule has 2 N–H and O–H groups in total. The third-order valence-corrected chi connectivity index (χ3v) is 4.54. The zero-order chi connectivity index (χ0) is 22.1. The van der Waals surface area contributed by atoms with Gasteiger partial charge in [0.05, 0.1) is 12.8 Å². The highest BCUT2D eigenvalue weighted by atomic mass is 35.5. The van der Waals surface area contributed by atoms with Crippen LogP contribution in [0.1, 0.15) is 21.5 Å². The molecule has 0 bridgehead atoms. The summed E-state index contributed by atoms with van der Waals surface area (Å²) in [6, 6.07) is 19.6. The molecular formula is C23H19ClFN3O3. The van der Waals surface area contributed by atoms with E-state index in [1.807, 2.05) is 30.3 Å². The molecule has 0 aliphatic rings. The molecule has 0 fully saturated rings. The summed E-state index contributed by atoms with van der Waals surface area (Å²) >= 11 is 6.15. The number of amides is 2. The maximum Gasteiger partial charge on any atom is 0.259 e. The van der Waals surface area contributed by atoms with E-state index in [1.165, 1.54) is 30.5 Å². The lowest BCUT2D eigenvalue weighted by Gasteiger charge is -2.10. The van der Waals surface area contributed by atoms with Gasteiger partial charge >= 0.3 is 0 Å². The van der Waals surface area contributed by atoms with Crippen LogP contribution in [-0.4, -0.2) is 24.6 Å². The number of nitrogens with one attached hydrogen (secondary N) is 2. The van der Waals surface area contributed by atoms with Crippen LogP contribution in [0.3, 0.4) is 0 Å². The summed E-state index contributed by atoms with van der Waals surface area (Å²) in [5.41, 5.74) is 4.09. The molecule has 31 heavy (non-hydrogen) atoms. The van der Waals surface area contributed by atoms with Crippen LogP contribution >= 0.6 is 11.6 Å². The quantitative estimate of drug-likeness (QED) is 0.412. The van der Waals surface area contributed by atoms with Crippen molar-refractivity contribution in [1.29, 1.82) is 0 Å². The number of rotatable bonds is 8. The van der Waals surface area contributed by atoms with Gasteiger partial charge in [-0.15, -0.1) is 0 Å². The Morgan fingerprint density at radius 3 is 2.48 bits per heavy atom. The van der Waals surface area contributed by atoms with Gasteiger partial charge in [-0.1, -0.05) is 41.9 Å². The molecule has 0 aliphatic heterocycles. The number of hydrogen-bond donors (Lipinski definition) is 2. The van der Waals surface area contributed by atoms with Crippen molar-refractivity contribution in [1.82, 2.24) is 10.7 Å². The molecule has 2 amide bonds. The first-order valence-corrected chi connectivity index (χ1v) is 9.71. The van der Waals surface area contributed by atoms with Gasteiger partial charge < -0.3 is 10.1 Å². The van der Waals surface area contributed by atoms with Gasteiger partial charge in [0.25, 0.3) is 11.8 Å². The number of hydrazone groups is 1. The molecule has 0 saturated heterocycles. The molecular weight excluding hydrogens is 421 g/mol. The van der Waals surface area contributed by atoms with Crippen LogP contribution in [0.2, 0.25) is 5.02 Å². The number of carbonyl (C=O) groups excluding carboxylic acids is 2. The minimum atomic E-state index is -0.513. The zero-order valence-corrected chi connectivity index (χ0v) is 17.1. The van der Waals surface area contributed by atoms with Gasteiger partial charge in [-0.05, 0) is 42.5 Å². The van der Waals surface area contributed by atoms with Crippen molar-refractivity contribution in [3.63, 3.8) is 0 Å². The first kappa shape index (κ1) is 22.0. The summed E-state index contributed by atoms with van der Waals surface area (Å²) in [4.78, 5) is 23.8. The number of benzene rings is 3. The predicted molar refractivity (Wildman–Crippen MR) is 117 cm³/mol. The smallest absolute Gasteiger partial charge is 0.259 e. The average Bonchev–Trinajstić information content (AvgIpc) is 2.78. The fourth-order valence-electron chi connectivity index (χ4n) is 2.57. The van der Waals surface area contributed by atoms with E-state index >= 15 is 0 Å². The second kappa shape index (κ2) is 10.9. The molecule has 0 atom stereocenters. The first-order valence-electron chi connectivity index (χ1n) is 9.34. The fraction of sp³-hybridized carbons (Fsp3) is 0.0870. The summed E-state index contributed by atoms with van der Waals surface area (Å²) in [6.45, 7) is 0.00447. The Hall–Kier alpha value is -3.71. The Kier molecular flexibility index (Phi) is 7.73. The van der Waals surface area contributed by atoms with E-state index in [9.17, 15) is 14.0 Å². The fourth-order valence-corrected chi connectivity index (χ4v) is 2.76. The first-order chi connectivity index (χ1) is 15.0. The van der Waals surface area contributed by atoms with Gasteiger partial charge in [-0.25, -0.2) is 9.82 Å². The molecule has 6 nitrogen and oxygen atoms in total. The summed E-state index contributed by atoms with van der Waals surface area (Å²) < 4.78 is 18.7. The molecule has 3 aromatic rings. The lowest BCUT2D eigenvalue weighted by atomic mass is 10.2. The molecule has 3 aromatic carbocycles. The SMILES string of the molecule is O=C(CNC(=O)c1ccc(F)cc1)N/N=C/c1ccccc1OCc1ccccc1Cl. The number of carbonyl (C=O) groups is 2. The predicted octanol–water partition coefficient (Wildman–Crippen LogP) is 3.94. The molecule has 0 heterocycles. The maximum absolute atomic E-state index is 12.9. The molecule has 0 unspecified atom stereocenters. The lowest BCUT2D eigenvalue weighted by molar-refractivity contribution is -0.120. The monoisotopic (exact) mass is 439 g/mol. The van der Waals surface area contributed by atoms with E-state index in [2.05, 4.69) is 15.8 Å². The van der Waals surface area contributed by atoms with E-state index in [1.54, 1.807) is 18.2 Å². The van der Waals surface area contributed by atoms with Crippen LogP contribution in [0.4, 0.5) is 4.39 Å². The molecule has 3 rings (SSSR count). The third-order valence-electron chi connectivity index (χ3n) is 4.17. The lowest BCUT2D eigenvalue weighted by Crippen LogP contribution is -2.34. The Balaban J connectivity index is 1.51. The normalized spacial score (nSPS) is 10.6. The van der Waals surface area contributed by atoms with Crippen molar-refractivity contribution in [2.45, 2.75) is 6.61 Å². The molecule has 8 heteroatoms. The van der Waals surface area contributed by atoms with Crippen molar-refractivity contribution in [2.24, 2.45) is 5.10 Å². The molecule has 0 saturated carbocycles. The van der Waals surface area contributed by atoms with Gasteiger partial charge in [0.15, 0.2) is 0 Å². The third kappa shape index (κ3) is 6.65. The van der Waals surface area contributed by atoms with Crippen LogP contribution in [-0.2, 0) is 11.4 Å². The minimum absolute atomic E-state index is 0.252. The van der Waals surface area contributed by atoms with Crippen LogP contribution in [0.15, 0.2) is 77.9 Å². The highest BCUT2D eigenvalue weighted by Gasteiger charge is 2.08.